The Morgan fingerprint density at radius 3 is 2.45 bits per heavy atom. The summed E-state index contributed by atoms with van der Waals surface area (Å²) in [6, 6.07) is 3.53. The maximum absolute atomic E-state index is 6.13. The molecule has 2 aromatic heterocycles. The monoisotopic (exact) mass is 314 g/mol. The van der Waals surface area contributed by atoms with Gasteiger partial charge in [-0.3, -0.25) is 0 Å². The van der Waals surface area contributed by atoms with E-state index in [2.05, 4.69) is 27.7 Å². The lowest BCUT2D eigenvalue weighted by atomic mass is 10.3. The SMILES string of the molecule is CCCNc1nc(NCc2cc(C)on2)c(Cl)cc1Cl. The Morgan fingerprint density at radius 2 is 1.85 bits per heavy atom. The molecular weight excluding hydrogens is 299 g/mol. The number of hydrogen-bond acceptors (Lipinski definition) is 5. The maximum atomic E-state index is 6.13. The Bertz CT molecular complexity index is 586. The Balaban J connectivity index is 2.09. The maximum Gasteiger partial charge on any atom is 0.147 e. The zero-order chi connectivity index (χ0) is 14.5. The number of rotatable bonds is 6. The van der Waals surface area contributed by atoms with Gasteiger partial charge in [0.1, 0.15) is 23.1 Å². The number of nitrogens with zero attached hydrogens (tertiary/aromatic N) is 2. The fourth-order valence-corrected chi connectivity index (χ4v) is 2.13. The van der Waals surface area contributed by atoms with E-state index in [0.717, 1.165) is 24.4 Å². The number of halogens is 2. The Hall–Kier alpha value is -1.46. The standard InChI is InChI=1S/C13H16Cl2N4O/c1-3-4-16-12-10(14)6-11(15)13(18-12)17-7-9-5-8(2)20-19-9/h5-6H,3-4,7H2,1-2H3,(H2,16,17,18). The van der Waals surface area contributed by atoms with E-state index >= 15 is 0 Å². The van der Waals surface area contributed by atoms with Crippen LogP contribution in [0.1, 0.15) is 24.8 Å². The van der Waals surface area contributed by atoms with Crippen LogP contribution in [0.4, 0.5) is 11.6 Å². The number of anilines is 2. The number of nitrogens with one attached hydrogen (secondary N) is 2. The molecule has 0 fully saturated rings. The smallest absolute Gasteiger partial charge is 0.147 e. The Labute approximate surface area is 127 Å². The third-order valence-electron chi connectivity index (χ3n) is 2.59. The minimum absolute atomic E-state index is 0.470. The molecule has 20 heavy (non-hydrogen) atoms. The first-order valence-electron chi connectivity index (χ1n) is 6.36. The van der Waals surface area contributed by atoms with Crippen LogP contribution in [0, 0.1) is 6.92 Å². The lowest BCUT2D eigenvalue weighted by molar-refractivity contribution is 0.391. The van der Waals surface area contributed by atoms with Crippen LogP contribution in [0.25, 0.3) is 0 Å². The normalized spacial score (nSPS) is 10.6. The zero-order valence-electron chi connectivity index (χ0n) is 11.3. The van der Waals surface area contributed by atoms with Crippen molar-refractivity contribution in [2.24, 2.45) is 0 Å². The summed E-state index contributed by atoms with van der Waals surface area (Å²) < 4.78 is 5.00. The van der Waals surface area contributed by atoms with Crippen LogP contribution < -0.4 is 10.6 Å². The minimum Gasteiger partial charge on any atom is -0.369 e. The van der Waals surface area contributed by atoms with Gasteiger partial charge in [0.05, 0.1) is 16.6 Å². The van der Waals surface area contributed by atoms with Crippen LogP contribution in [0.3, 0.4) is 0 Å². The van der Waals surface area contributed by atoms with Gasteiger partial charge in [0.25, 0.3) is 0 Å². The Kier molecular flexibility index (Phi) is 5.09. The molecule has 2 heterocycles. The van der Waals surface area contributed by atoms with Crippen molar-refractivity contribution in [2.45, 2.75) is 26.8 Å². The fourth-order valence-electron chi connectivity index (χ4n) is 1.63. The van der Waals surface area contributed by atoms with Crippen LogP contribution >= 0.6 is 23.2 Å². The molecule has 0 radical (unpaired) electrons. The minimum atomic E-state index is 0.470. The van der Waals surface area contributed by atoms with E-state index in [1.165, 1.54) is 0 Å². The summed E-state index contributed by atoms with van der Waals surface area (Å²) in [6.07, 6.45) is 0.988. The molecule has 0 aliphatic rings. The Morgan fingerprint density at radius 1 is 1.15 bits per heavy atom. The van der Waals surface area contributed by atoms with Gasteiger partial charge in [-0.1, -0.05) is 35.3 Å². The first-order chi connectivity index (χ1) is 9.60. The second kappa shape index (κ2) is 6.81. The first-order valence-corrected chi connectivity index (χ1v) is 7.11. The second-order valence-electron chi connectivity index (χ2n) is 4.36. The molecule has 0 bridgehead atoms. The second-order valence-corrected chi connectivity index (χ2v) is 5.17. The molecule has 0 spiro atoms. The number of aromatic nitrogens is 2. The van der Waals surface area contributed by atoms with Gasteiger partial charge in [0.15, 0.2) is 0 Å². The molecule has 2 rings (SSSR count). The number of pyridine rings is 1. The molecule has 2 N–H and O–H groups in total. The van der Waals surface area contributed by atoms with Gasteiger partial charge in [-0.15, -0.1) is 0 Å². The van der Waals surface area contributed by atoms with Gasteiger partial charge in [-0.25, -0.2) is 4.98 Å². The summed E-state index contributed by atoms with van der Waals surface area (Å²) in [6.45, 7) is 5.20. The zero-order valence-corrected chi connectivity index (χ0v) is 12.8. The van der Waals surface area contributed by atoms with E-state index in [4.69, 9.17) is 27.7 Å². The molecule has 0 aliphatic heterocycles. The van der Waals surface area contributed by atoms with Gasteiger partial charge in [0, 0.05) is 12.6 Å². The molecule has 2 aromatic rings. The van der Waals surface area contributed by atoms with Crippen molar-refractivity contribution in [2.75, 3.05) is 17.2 Å². The quantitative estimate of drug-likeness (QED) is 0.839. The predicted octanol–water partition coefficient (Wildman–Crippen LogP) is 4.12. The van der Waals surface area contributed by atoms with E-state index in [0.29, 0.717) is 28.2 Å². The number of aryl methyl sites for hydroxylation is 1. The molecule has 0 atom stereocenters. The summed E-state index contributed by atoms with van der Waals surface area (Å²) in [7, 11) is 0. The van der Waals surface area contributed by atoms with Crippen molar-refractivity contribution >= 4 is 34.8 Å². The summed E-state index contributed by atoms with van der Waals surface area (Å²) in [5.74, 6) is 1.95. The average Bonchev–Trinajstić information content (AvgIpc) is 2.82. The summed E-state index contributed by atoms with van der Waals surface area (Å²) in [5.41, 5.74) is 0.790. The lowest BCUT2D eigenvalue weighted by Crippen LogP contribution is -2.07. The van der Waals surface area contributed by atoms with Gasteiger partial charge in [0.2, 0.25) is 0 Å². The summed E-state index contributed by atoms with van der Waals surface area (Å²) >= 11 is 12.2. The molecule has 0 aliphatic carbocycles. The van der Waals surface area contributed by atoms with Gasteiger partial charge in [-0.2, -0.15) is 0 Å². The van der Waals surface area contributed by atoms with E-state index in [9.17, 15) is 0 Å². The highest BCUT2D eigenvalue weighted by Crippen LogP contribution is 2.29. The molecule has 108 valence electrons. The molecule has 0 saturated heterocycles. The molecule has 0 amide bonds. The highest BCUT2D eigenvalue weighted by atomic mass is 35.5. The molecular formula is C13H16Cl2N4O. The topological polar surface area (TPSA) is 63.0 Å². The van der Waals surface area contributed by atoms with Crippen LogP contribution in [-0.2, 0) is 6.54 Å². The average molecular weight is 315 g/mol. The van der Waals surface area contributed by atoms with Crippen LogP contribution in [0.5, 0.6) is 0 Å². The van der Waals surface area contributed by atoms with Crippen LogP contribution in [0.2, 0.25) is 10.0 Å². The largest absolute Gasteiger partial charge is 0.369 e. The third kappa shape index (κ3) is 3.77. The highest BCUT2D eigenvalue weighted by Gasteiger charge is 2.09. The van der Waals surface area contributed by atoms with E-state index < -0.39 is 0 Å². The third-order valence-corrected chi connectivity index (χ3v) is 3.16. The van der Waals surface area contributed by atoms with Crippen molar-refractivity contribution in [3.05, 3.63) is 33.6 Å². The van der Waals surface area contributed by atoms with Crippen molar-refractivity contribution in [3.8, 4) is 0 Å². The van der Waals surface area contributed by atoms with Gasteiger partial charge < -0.3 is 15.2 Å². The van der Waals surface area contributed by atoms with Crippen molar-refractivity contribution < 1.29 is 4.52 Å². The van der Waals surface area contributed by atoms with E-state index in [-0.39, 0.29) is 0 Å². The van der Waals surface area contributed by atoms with E-state index in [1.54, 1.807) is 6.07 Å². The van der Waals surface area contributed by atoms with Crippen LogP contribution in [-0.4, -0.2) is 16.7 Å². The first kappa shape index (κ1) is 14.9. The highest BCUT2D eigenvalue weighted by molar-refractivity contribution is 6.37. The van der Waals surface area contributed by atoms with Crippen LogP contribution in [0.15, 0.2) is 16.7 Å². The molecule has 7 heteroatoms. The summed E-state index contributed by atoms with van der Waals surface area (Å²) in [4.78, 5) is 4.39. The summed E-state index contributed by atoms with van der Waals surface area (Å²) in [5, 5.41) is 11.2. The molecule has 0 unspecified atom stereocenters. The molecule has 0 saturated carbocycles. The molecule has 5 nitrogen and oxygen atoms in total. The van der Waals surface area contributed by atoms with Crippen molar-refractivity contribution in [1.82, 2.24) is 10.1 Å². The van der Waals surface area contributed by atoms with Gasteiger partial charge in [-0.05, 0) is 19.4 Å². The molecule has 0 aromatic carbocycles. The fraction of sp³-hybridized carbons (Fsp3) is 0.385. The van der Waals surface area contributed by atoms with E-state index in [1.807, 2.05) is 13.0 Å². The lowest BCUT2D eigenvalue weighted by Gasteiger charge is -2.11. The van der Waals surface area contributed by atoms with Gasteiger partial charge >= 0.3 is 0 Å². The number of hydrogen-bond donors (Lipinski definition) is 2. The van der Waals surface area contributed by atoms with Crippen molar-refractivity contribution in [3.63, 3.8) is 0 Å². The predicted molar refractivity (Wildman–Crippen MR) is 81.6 cm³/mol. The van der Waals surface area contributed by atoms with Crippen molar-refractivity contribution in [1.29, 1.82) is 0 Å².